The highest BCUT2D eigenvalue weighted by Crippen LogP contribution is 2.30. The van der Waals surface area contributed by atoms with E-state index in [4.69, 9.17) is 21.1 Å². The summed E-state index contributed by atoms with van der Waals surface area (Å²) in [6, 6.07) is 10.1. The molecule has 0 fully saturated rings. The molecule has 0 aliphatic heterocycles. The lowest BCUT2D eigenvalue weighted by Gasteiger charge is -2.11. The van der Waals surface area contributed by atoms with Gasteiger partial charge in [0.15, 0.2) is 0 Å². The van der Waals surface area contributed by atoms with Crippen LogP contribution in [0, 0.1) is 5.92 Å². The van der Waals surface area contributed by atoms with Gasteiger partial charge in [0, 0.05) is 5.02 Å². The number of ether oxygens (including phenoxy) is 2. The molecule has 0 heterocycles. The summed E-state index contributed by atoms with van der Waals surface area (Å²) in [5.41, 5.74) is 0.427. The van der Waals surface area contributed by atoms with Crippen molar-refractivity contribution >= 4 is 49.4 Å². The zero-order valence-corrected chi connectivity index (χ0v) is 16.5. The molecule has 0 atom stereocenters. The van der Waals surface area contributed by atoms with Crippen molar-refractivity contribution in [2.45, 2.75) is 13.8 Å². The molecule has 0 radical (unpaired) electrons. The van der Waals surface area contributed by atoms with Crippen LogP contribution in [0.3, 0.4) is 0 Å². The molecule has 0 unspecified atom stereocenters. The molecule has 0 aromatic heterocycles. The molecule has 0 N–H and O–H groups in total. The fraction of sp³-hybridized carbons (Fsp3) is 0.235. The number of esters is 1. The van der Waals surface area contributed by atoms with E-state index >= 15 is 0 Å². The summed E-state index contributed by atoms with van der Waals surface area (Å²) in [5, 5.41) is 0.561. The predicted molar refractivity (Wildman–Crippen MR) is 98.6 cm³/mol. The van der Waals surface area contributed by atoms with Gasteiger partial charge in [-0.25, -0.2) is 4.79 Å². The summed E-state index contributed by atoms with van der Waals surface area (Å²) in [6.45, 7) is 4.76. The average molecular weight is 463 g/mol. The predicted octanol–water partition coefficient (Wildman–Crippen LogP) is 6.12. The summed E-state index contributed by atoms with van der Waals surface area (Å²) in [4.78, 5) is 12.2. The number of benzene rings is 2. The van der Waals surface area contributed by atoms with E-state index in [1.165, 1.54) is 0 Å². The maximum Gasteiger partial charge on any atom is 0.343 e. The van der Waals surface area contributed by atoms with Gasteiger partial charge >= 0.3 is 5.97 Å². The van der Waals surface area contributed by atoms with Crippen LogP contribution in [0.5, 0.6) is 11.5 Å². The summed E-state index contributed by atoms with van der Waals surface area (Å²) >= 11 is 12.6. The molecule has 0 amide bonds. The van der Waals surface area contributed by atoms with E-state index in [1.807, 2.05) is 0 Å². The normalized spacial score (nSPS) is 10.7. The number of carbonyl (C=O) groups is 1. The number of hydrogen-bond acceptors (Lipinski definition) is 3. The topological polar surface area (TPSA) is 35.5 Å². The van der Waals surface area contributed by atoms with Gasteiger partial charge < -0.3 is 9.47 Å². The van der Waals surface area contributed by atoms with Crippen LogP contribution in [-0.2, 0) is 0 Å². The van der Waals surface area contributed by atoms with Gasteiger partial charge in [-0.15, -0.1) is 0 Å². The monoisotopic (exact) mass is 460 g/mol. The lowest BCUT2D eigenvalue weighted by atomic mass is 10.2. The Morgan fingerprint density at radius 1 is 1.09 bits per heavy atom. The SMILES string of the molecule is CC(C)COc1ccc(C(=O)Oc2ccc(Cl)cc2Br)cc1Br. The van der Waals surface area contributed by atoms with E-state index in [-0.39, 0.29) is 0 Å². The van der Waals surface area contributed by atoms with Crippen molar-refractivity contribution in [2.75, 3.05) is 6.61 Å². The number of hydrogen-bond donors (Lipinski definition) is 0. The summed E-state index contributed by atoms with van der Waals surface area (Å²) in [6.07, 6.45) is 0. The zero-order chi connectivity index (χ0) is 17.0. The Labute approximate surface area is 157 Å². The summed E-state index contributed by atoms with van der Waals surface area (Å²) in [5.74, 6) is 1.08. The van der Waals surface area contributed by atoms with Gasteiger partial charge in [0.25, 0.3) is 0 Å². The fourth-order valence-corrected chi connectivity index (χ4v) is 2.97. The van der Waals surface area contributed by atoms with Crippen molar-refractivity contribution in [1.29, 1.82) is 0 Å². The third-order valence-electron chi connectivity index (χ3n) is 2.84. The van der Waals surface area contributed by atoms with Crippen LogP contribution in [0.15, 0.2) is 45.3 Å². The van der Waals surface area contributed by atoms with Gasteiger partial charge in [0.2, 0.25) is 0 Å². The van der Waals surface area contributed by atoms with Crippen molar-refractivity contribution in [3.63, 3.8) is 0 Å². The molecule has 2 aromatic carbocycles. The molecule has 23 heavy (non-hydrogen) atoms. The third kappa shape index (κ3) is 5.23. The first-order chi connectivity index (χ1) is 10.9. The molecule has 2 rings (SSSR count). The molecule has 0 spiro atoms. The van der Waals surface area contributed by atoms with Gasteiger partial charge in [-0.3, -0.25) is 0 Å². The lowest BCUT2D eigenvalue weighted by Crippen LogP contribution is -2.10. The van der Waals surface area contributed by atoms with Crippen molar-refractivity contribution in [3.05, 3.63) is 55.9 Å². The van der Waals surface area contributed by atoms with E-state index in [9.17, 15) is 4.79 Å². The van der Waals surface area contributed by atoms with E-state index in [0.29, 0.717) is 43.6 Å². The highest BCUT2D eigenvalue weighted by molar-refractivity contribution is 9.10. The molecule has 6 heteroatoms. The van der Waals surface area contributed by atoms with Crippen LogP contribution in [0.2, 0.25) is 5.02 Å². The molecular weight excluding hydrogens is 447 g/mol. The second-order valence-corrected chi connectivity index (χ2v) is 7.46. The minimum absolute atomic E-state index is 0.413. The largest absolute Gasteiger partial charge is 0.492 e. The Bertz CT molecular complexity index is 717. The first-order valence-electron chi connectivity index (χ1n) is 6.96. The van der Waals surface area contributed by atoms with Gasteiger partial charge in [0.1, 0.15) is 11.5 Å². The molecule has 0 bridgehead atoms. The average Bonchev–Trinajstić information content (AvgIpc) is 2.48. The molecule has 0 aliphatic rings. The van der Waals surface area contributed by atoms with Crippen LogP contribution >= 0.6 is 43.5 Å². The maximum atomic E-state index is 12.2. The summed E-state index contributed by atoms with van der Waals surface area (Å²) < 4.78 is 12.4. The zero-order valence-electron chi connectivity index (χ0n) is 12.6. The highest BCUT2D eigenvalue weighted by Gasteiger charge is 2.13. The highest BCUT2D eigenvalue weighted by atomic mass is 79.9. The molecular formula is C17H15Br2ClO3. The van der Waals surface area contributed by atoms with Crippen molar-refractivity contribution < 1.29 is 14.3 Å². The van der Waals surface area contributed by atoms with Gasteiger partial charge in [-0.2, -0.15) is 0 Å². The van der Waals surface area contributed by atoms with Gasteiger partial charge in [0.05, 0.1) is 21.1 Å². The second-order valence-electron chi connectivity index (χ2n) is 5.31. The third-order valence-corrected chi connectivity index (χ3v) is 4.31. The Balaban J connectivity index is 2.12. The Kier molecular flexibility index (Phi) is 6.50. The lowest BCUT2D eigenvalue weighted by molar-refractivity contribution is 0.0733. The molecule has 3 nitrogen and oxygen atoms in total. The number of carbonyl (C=O) groups excluding carboxylic acids is 1. The molecule has 122 valence electrons. The first-order valence-corrected chi connectivity index (χ1v) is 8.93. The minimum Gasteiger partial charge on any atom is -0.492 e. The first kappa shape index (κ1) is 18.3. The van der Waals surface area contributed by atoms with Crippen LogP contribution in [0.25, 0.3) is 0 Å². The molecule has 0 saturated heterocycles. The van der Waals surface area contributed by atoms with E-state index < -0.39 is 5.97 Å². The van der Waals surface area contributed by atoms with E-state index in [0.717, 1.165) is 0 Å². The molecule has 0 saturated carbocycles. The molecule has 0 aliphatic carbocycles. The Morgan fingerprint density at radius 3 is 2.35 bits per heavy atom. The van der Waals surface area contributed by atoms with Crippen LogP contribution < -0.4 is 9.47 Å². The Morgan fingerprint density at radius 2 is 1.74 bits per heavy atom. The van der Waals surface area contributed by atoms with Gasteiger partial charge in [-0.05, 0) is 74.2 Å². The van der Waals surface area contributed by atoms with Crippen LogP contribution in [0.4, 0.5) is 0 Å². The van der Waals surface area contributed by atoms with Crippen molar-refractivity contribution in [1.82, 2.24) is 0 Å². The quantitative estimate of drug-likeness (QED) is 0.397. The number of halogens is 3. The fourth-order valence-electron chi connectivity index (χ4n) is 1.72. The molecule has 2 aromatic rings. The van der Waals surface area contributed by atoms with Gasteiger partial charge in [-0.1, -0.05) is 25.4 Å². The number of rotatable bonds is 5. The standard InChI is InChI=1S/C17H15Br2ClO3/c1-10(2)9-22-15-5-3-11(7-13(15)18)17(21)23-16-6-4-12(20)8-14(16)19/h3-8,10H,9H2,1-2H3. The van der Waals surface area contributed by atoms with Crippen molar-refractivity contribution in [2.24, 2.45) is 5.92 Å². The van der Waals surface area contributed by atoms with Crippen LogP contribution in [-0.4, -0.2) is 12.6 Å². The van der Waals surface area contributed by atoms with Crippen molar-refractivity contribution in [3.8, 4) is 11.5 Å². The minimum atomic E-state index is -0.455. The Hall–Kier alpha value is -1.04. The van der Waals surface area contributed by atoms with Crippen LogP contribution in [0.1, 0.15) is 24.2 Å². The second kappa shape index (κ2) is 8.18. The van der Waals surface area contributed by atoms with E-state index in [2.05, 4.69) is 45.7 Å². The maximum absolute atomic E-state index is 12.2. The van der Waals surface area contributed by atoms with E-state index in [1.54, 1.807) is 36.4 Å². The smallest absolute Gasteiger partial charge is 0.343 e. The summed E-state index contributed by atoms with van der Waals surface area (Å²) in [7, 11) is 0.